The van der Waals surface area contributed by atoms with Crippen molar-refractivity contribution in [2.75, 3.05) is 6.54 Å². The molecule has 1 unspecified atom stereocenters. The third-order valence-electron chi connectivity index (χ3n) is 1.87. The van der Waals surface area contributed by atoms with Crippen molar-refractivity contribution in [1.82, 2.24) is 0 Å². The number of halogens is 4. The number of nitrogens with two attached hydrogens (primary N) is 1. The van der Waals surface area contributed by atoms with Gasteiger partial charge in [0.15, 0.2) is 0 Å². The van der Waals surface area contributed by atoms with E-state index in [1.165, 1.54) is 6.07 Å². The molecule has 0 aromatic heterocycles. The monoisotopic (exact) mass is 223 g/mol. The highest BCUT2D eigenvalue weighted by Crippen LogP contribution is 2.25. The summed E-state index contributed by atoms with van der Waals surface area (Å²) in [4.78, 5) is 0. The zero-order valence-corrected chi connectivity index (χ0v) is 7.94. The second kappa shape index (κ2) is 4.66. The van der Waals surface area contributed by atoms with E-state index in [2.05, 4.69) is 0 Å². The van der Waals surface area contributed by atoms with Crippen molar-refractivity contribution in [1.29, 1.82) is 0 Å². The van der Waals surface area contributed by atoms with Crippen LogP contribution in [0.4, 0.5) is 13.2 Å². The van der Waals surface area contributed by atoms with Gasteiger partial charge in [-0.2, -0.15) is 0 Å². The summed E-state index contributed by atoms with van der Waals surface area (Å²) in [5.74, 6) is -1.80. The molecule has 1 aromatic rings. The summed E-state index contributed by atoms with van der Waals surface area (Å²) in [5.41, 5.74) is 5.29. The molecule has 0 bridgehead atoms. The molecule has 0 spiro atoms. The molecule has 1 nitrogen and oxygen atoms in total. The molecule has 1 aromatic carbocycles. The van der Waals surface area contributed by atoms with E-state index in [0.29, 0.717) is 0 Å². The first kappa shape index (κ1) is 11.3. The average Bonchev–Trinajstić information content (AvgIpc) is 2.02. The van der Waals surface area contributed by atoms with Crippen LogP contribution in [0.3, 0.4) is 0 Å². The molecule has 5 heteroatoms. The summed E-state index contributed by atoms with van der Waals surface area (Å²) in [6.45, 7) is -0.239. The molecule has 0 heterocycles. The molecule has 1 rings (SSSR count). The van der Waals surface area contributed by atoms with Crippen molar-refractivity contribution < 1.29 is 13.2 Å². The smallest absolute Gasteiger partial charge is 0.246 e. The van der Waals surface area contributed by atoms with Gasteiger partial charge in [-0.3, -0.25) is 0 Å². The number of benzene rings is 1. The van der Waals surface area contributed by atoms with Gasteiger partial charge in [0.25, 0.3) is 0 Å². The van der Waals surface area contributed by atoms with Gasteiger partial charge < -0.3 is 5.73 Å². The van der Waals surface area contributed by atoms with Crippen molar-refractivity contribution in [3.05, 3.63) is 34.6 Å². The minimum atomic E-state index is -2.61. The van der Waals surface area contributed by atoms with Crippen molar-refractivity contribution in [2.24, 2.45) is 5.73 Å². The molecule has 0 aliphatic carbocycles. The lowest BCUT2D eigenvalue weighted by Crippen LogP contribution is -2.19. The lowest BCUT2D eigenvalue weighted by molar-refractivity contribution is 0.117. The van der Waals surface area contributed by atoms with Gasteiger partial charge in [0.2, 0.25) is 6.43 Å². The molecule has 1 atom stereocenters. The fourth-order valence-electron chi connectivity index (χ4n) is 1.17. The van der Waals surface area contributed by atoms with Crippen LogP contribution in [0.15, 0.2) is 18.2 Å². The quantitative estimate of drug-likeness (QED) is 0.838. The second-order valence-corrected chi connectivity index (χ2v) is 3.32. The summed E-state index contributed by atoms with van der Waals surface area (Å²) < 4.78 is 37.6. The Morgan fingerprint density at radius 2 is 1.93 bits per heavy atom. The van der Waals surface area contributed by atoms with Crippen LogP contribution >= 0.6 is 11.6 Å². The van der Waals surface area contributed by atoms with Crippen LogP contribution in [0, 0.1) is 5.82 Å². The maximum atomic E-state index is 12.8. The Morgan fingerprint density at radius 3 is 2.36 bits per heavy atom. The molecule has 2 N–H and O–H groups in total. The van der Waals surface area contributed by atoms with Gasteiger partial charge in [0.05, 0.1) is 5.92 Å². The van der Waals surface area contributed by atoms with Gasteiger partial charge in [-0.15, -0.1) is 0 Å². The van der Waals surface area contributed by atoms with Crippen LogP contribution < -0.4 is 5.73 Å². The van der Waals surface area contributed by atoms with Gasteiger partial charge in [0, 0.05) is 11.6 Å². The fraction of sp³-hybridized carbons (Fsp3) is 0.333. The summed E-state index contributed by atoms with van der Waals surface area (Å²) >= 11 is 5.53. The molecule has 0 saturated heterocycles. The summed E-state index contributed by atoms with van der Waals surface area (Å²) in [6, 6.07) is 3.38. The van der Waals surface area contributed by atoms with E-state index < -0.39 is 18.2 Å². The zero-order valence-electron chi connectivity index (χ0n) is 7.18. The van der Waals surface area contributed by atoms with E-state index in [1.807, 2.05) is 0 Å². The topological polar surface area (TPSA) is 26.0 Å². The van der Waals surface area contributed by atoms with Gasteiger partial charge >= 0.3 is 0 Å². The maximum Gasteiger partial charge on any atom is 0.246 e. The van der Waals surface area contributed by atoms with Crippen LogP contribution in [-0.4, -0.2) is 13.0 Å². The molecule has 0 fully saturated rings. The number of rotatable bonds is 3. The highest BCUT2D eigenvalue weighted by molar-refractivity contribution is 6.30. The Hall–Kier alpha value is -0.740. The Bertz CT molecular complexity index is 297. The van der Waals surface area contributed by atoms with Crippen LogP contribution in [0.2, 0.25) is 5.02 Å². The number of hydrogen-bond acceptors (Lipinski definition) is 1. The van der Waals surface area contributed by atoms with E-state index in [4.69, 9.17) is 17.3 Å². The van der Waals surface area contributed by atoms with Gasteiger partial charge in [-0.25, -0.2) is 13.2 Å². The predicted octanol–water partition coefficient (Wildman–Crippen LogP) is 2.79. The second-order valence-electron chi connectivity index (χ2n) is 2.88. The third-order valence-corrected chi connectivity index (χ3v) is 2.09. The third kappa shape index (κ3) is 2.62. The molecule has 0 radical (unpaired) electrons. The van der Waals surface area contributed by atoms with Crippen LogP contribution in [0.25, 0.3) is 0 Å². The van der Waals surface area contributed by atoms with Gasteiger partial charge in [-0.1, -0.05) is 11.6 Å². The first-order valence-electron chi connectivity index (χ1n) is 3.98. The molecule has 0 amide bonds. The normalized spacial score (nSPS) is 13.3. The van der Waals surface area contributed by atoms with Crippen molar-refractivity contribution in [2.45, 2.75) is 12.3 Å². The molecular weight excluding hydrogens is 215 g/mol. The summed E-state index contributed by atoms with van der Waals surface area (Å²) in [5, 5.41) is 0.0964. The van der Waals surface area contributed by atoms with Crippen molar-refractivity contribution in [3.63, 3.8) is 0 Å². The lowest BCUT2D eigenvalue weighted by Gasteiger charge is -2.14. The Balaban J connectivity index is 3.04. The standard InChI is InChI=1S/C9H9ClF3N/c10-6-1-5(2-7(11)3-6)8(4-14)9(12)13/h1-3,8-9H,4,14H2. The first-order valence-corrected chi connectivity index (χ1v) is 4.36. The van der Waals surface area contributed by atoms with E-state index in [-0.39, 0.29) is 17.1 Å². The number of alkyl halides is 2. The average molecular weight is 224 g/mol. The largest absolute Gasteiger partial charge is 0.330 e. The molecule has 78 valence electrons. The van der Waals surface area contributed by atoms with Crippen molar-refractivity contribution in [3.8, 4) is 0 Å². The van der Waals surface area contributed by atoms with E-state index in [0.717, 1.165) is 12.1 Å². The molecule has 0 saturated carbocycles. The Morgan fingerprint density at radius 1 is 1.29 bits per heavy atom. The van der Waals surface area contributed by atoms with Gasteiger partial charge in [0.1, 0.15) is 5.82 Å². The molecular formula is C9H9ClF3N. The van der Waals surface area contributed by atoms with Gasteiger partial charge in [-0.05, 0) is 23.8 Å². The van der Waals surface area contributed by atoms with E-state index in [1.54, 1.807) is 0 Å². The molecule has 0 aliphatic rings. The maximum absolute atomic E-state index is 12.8. The minimum absolute atomic E-state index is 0.0964. The van der Waals surface area contributed by atoms with Crippen LogP contribution in [0.1, 0.15) is 11.5 Å². The fourth-order valence-corrected chi connectivity index (χ4v) is 1.40. The summed E-state index contributed by atoms with van der Waals surface area (Å²) in [6.07, 6.45) is -2.61. The predicted molar refractivity (Wildman–Crippen MR) is 49.2 cm³/mol. The zero-order chi connectivity index (χ0) is 10.7. The lowest BCUT2D eigenvalue weighted by atomic mass is 10.00. The highest BCUT2D eigenvalue weighted by Gasteiger charge is 2.21. The summed E-state index contributed by atoms with van der Waals surface area (Å²) in [7, 11) is 0. The van der Waals surface area contributed by atoms with Crippen LogP contribution in [-0.2, 0) is 0 Å². The first-order chi connectivity index (χ1) is 6.54. The highest BCUT2D eigenvalue weighted by atomic mass is 35.5. The van der Waals surface area contributed by atoms with E-state index >= 15 is 0 Å². The molecule has 14 heavy (non-hydrogen) atoms. The van der Waals surface area contributed by atoms with Crippen molar-refractivity contribution >= 4 is 11.6 Å². The number of hydrogen-bond donors (Lipinski definition) is 1. The SMILES string of the molecule is NCC(c1cc(F)cc(Cl)c1)C(F)F. The minimum Gasteiger partial charge on any atom is -0.330 e. The Labute approximate surface area is 84.7 Å². The molecule has 0 aliphatic heterocycles. The van der Waals surface area contributed by atoms with E-state index in [9.17, 15) is 13.2 Å². The Kier molecular flexibility index (Phi) is 3.77. The van der Waals surface area contributed by atoms with Crippen LogP contribution in [0.5, 0.6) is 0 Å².